The molecule has 3 heterocycles. The van der Waals surface area contributed by atoms with Crippen molar-refractivity contribution in [1.82, 2.24) is 19.9 Å². The van der Waals surface area contributed by atoms with Gasteiger partial charge >= 0.3 is 6.18 Å². The van der Waals surface area contributed by atoms with Crippen molar-refractivity contribution >= 4 is 33.3 Å². The number of fused-ring (bicyclic) bond motifs is 1. The van der Waals surface area contributed by atoms with Gasteiger partial charge in [-0.1, -0.05) is 0 Å². The number of nitrogens with one attached hydrogen (secondary N) is 1. The first kappa shape index (κ1) is 15.4. The fraction of sp³-hybridized carbons (Fsp3) is 0.231. The Morgan fingerprint density at radius 3 is 2.70 bits per heavy atom. The lowest BCUT2D eigenvalue weighted by atomic mass is 10.2. The van der Waals surface area contributed by atoms with Crippen molar-refractivity contribution in [3.8, 4) is 10.6 Å². The van der Waals surface area contributed by atoms with Crippen molar-refractivity contribution in [2.24, 2.45) is 0 Å². The highest BCUT2D eigenvalue weighted by Gasteiger charge is 2.27. The molecule has 0 atom stereocenters. The number of aromatic nitrogens is 4. The van der Waals surface area contributed by atoms with Crippen LogP contribution < -0.4 is 11.1 Å². The third-order valence-corrected chi connectivity index (χ3v) is 4.02. The molecule has 3 rings (SSSR count). The number of anilines is 2. The van der Waals surface area contributed by atoms with E-state index < -0.39 is 12.7 Å². The zero-order chi connectivity index (χ0) is 16.6. The van der Waals surface area contributed by atoms with Gasteiger partial charge in [0.1, 0.15) is 22.9 Å². The number of aryl methyl sites for hydroxylation is 1. The maximum absolute atomic E-state index is 12.2. The number of rotatable bonds is 3. The number of thiazole rings is 1. The average Bonchev–Trinajstić information content (AvgIpc) is 2.87. The fourth-order valence-corrected chi connectivity index (χ4v) is 3.04. The highest BCUT2D eigenvalue weighted by atomic mass is 32.1. The minimum atomic E-state index is -4.36. The molecule has 0 unspecified atom stereocenters. The van der Waals surface area contributed by atoms with E-state index in [1.165, 1.54) is 11.3 Å². The first-order valence-electron chi connectivity index (χ1n) is 6.49. The van der Waals surface area contributed by atoms with E-state index in [1.807, 2.05) is 6.07 Å². The number of pyridine rings is 1. The zero-order valence-corrected chi connectivity index (χ0v) is 12.7. The molecule has 0 aliphatic heterocycles. The molecule has 0 aliphatic carbocycles. The van der Waals surface area contributed by atoms with Crippen LogP contribution in [0.4, 0.5) is 24.9 Å². The Labute approximate surface area is 132 Å². The predicted octanol–water partition coefficient (Wildman–Crippen LogP) is 3.01. The summed E-state index contributed by atoms with van der Waals surface area (Å²) in [6, 6.07) is 1.82. The molecule has 6 nitrogen and oxygen atoms in total. The number of hydrogen-bond donors (Lipinski definition) is 2. The Kier molecular flexibility index (Phi) is 3.76. The summed E-state index contributed by atoms with van der Waals surface area (Å²) >= 11 is 1.39. The Hall–Kier alpha value is -2.49. The molecular formula is C13H11F3N6S. The van der Waals surface area contributed by atoms with Crippen molar-refractivity contribution in [1.29, 1.82) is 0 Å². The number of hydrogen-bond acceptors (Lipinski definition) is 7. The number of nitrogens with two attached hydrogens (primary N) is 1. The van der Waals surface area contributed by atoms with Gasteiger partial charge in [-0.25, -0.2) is 9.97 Å². The summed E-state index contributed by atoms with van der Waals surface area (Å²) < 4.78 is 37.6. The van der Waals surface area contributed by atoms with Gasteiger partial charge in [0, 0.05) is 6.20 Å². The van der Waals surface area contributed by atoms with E-state index in [9.17, 15) is 13.2 Å². The summed E-state index contributed by atoms with van der Waals surface area (Å²) in [5.41, 5.74) is 7.58. The van der Waals surface area contributed by atoms with Crippen LogP contribution in [0.1, 0.15) is 5.69 Å². The highest BCUT2D eigenvalue weighted by molar-refractivity contribution is 7.21. The van der Waals surface area contributed by atoms with Crippen LogP contribution in [-0.2, 0) is 0 Å². The quantitative estimate of drug-likeness (QED) is 0.762. The van der Waals surface area contributed by atoms with Crippen LogP contribution in [0.3, 0.4) is 0 Å². The second-order valence-electron chi connectivity index (χ2n) is 4.72. The fourth-order valence-electron chi connectivity index (χ4n) is 2.00. The van der Waals surface area contributed by atoms with E-state index in [0.29, 0.717) is 21.8 Å². The summed E-state index contributed by atoms with van der Waals surface area (Å²) in [7, 11) is 0. The molecule has 0 aliphatic rings. The molecule has 3 N–H and O–H groups in total. The van der Waals surface area contributed by atoms with E-state index in [-0.39, 0.29) is 11.8 Å². The molecule has 3 aromatic rings. The molecule has 23 heavy (non-hydrogen) atoms. The van der Waals surface area contributed by atoms with Crippen LogP contribution >= 0.6 is 11.3 Å². The molecular weight excluding hydrogens is 329 g/mol. The van der Waals surface area contributed by atoms with E-state index in [4.69, 9.17) is 5.73 Å². The van der Waals surface area contributed by atoms with Gasteiger partial charge in [0.2, 0.25) is 5.95 Å². The molecule has 0 saturated carbocycles. The molecule has 0 aromatic carbocycles. The molecule has 3 aromatic heterocycles. The summed E-state index contributed by atoms with van der Waals surface area (Å²) in [6.45, 7) is 0.425. The Balaban J connectivity index is 1.97. The second kappa shape index (κ2) is 5.61. The van der Waals surface area contributed by atoms with Gasteiger partial charge in [0.05, 0.1) is 22.2 Å². The van der Waals surface area contributed by atoms with Crippen molar-refractivity contribution < 1.29 is 13.2 Å². The molecule has 0 bridgehead atoms. The lowest BCUT2D eigenvalue weighted by Gasteiger charge is -2.11. The Morgan fingerprint density at radius 1 is 1.26 bits per heavy atom. The van der Waals surface area contributed by atoms with Gasteiger partial charge in [-0.3, -0.25) is 4.98 Å². The maximum Gasteiger partial charge on any atom is 0.405 e. The van der Waals surface area contributed by atoms with Gasteiger partial charge in [0.25, 0.3) is 0 Å². The third-order valence-electron chi connectivity index (χ3n) is 2.97. The maximum atomic E-state index is 12.2. The molecule has 120 valence electrons. The summed E-state index contributed by atoms with van der Waals surface area (Å²) in [5, 5.41) is 2.72. The summed E-state index contributed by atoms with van der Waals surface area (Å²) in [4.78, 5) is 16.3. The molecule has 0 amide bonds. The van der Waals surface area contributed by atoms with E-state index in [1.54, 1.807) is 19.3 Å². The average molecular weight is 340 g/mol. The number of nitrogens with zero attached hydrogens (tertiary/aromatic N) is 4. The van der Waals surface area contributed by atoms with Crippen LogP contribution in [0, 0.1) is 6.92 Å². The van der Waals surface area contributed by atoms with Crippen molar-refractivity contribution in [2.45, 2.75) is 13.1 Å². The zero-order valence-electron chi connectivity index (χ0n) is 11.8. The van der Waals surface area contributed by atoms with Gasteiger partial charge in [-0.15, -0.1) is 11.3 Å². The van der Waals surface area contributed by atoms with Crippen molar-refractivity contribution in [2.75, 3.05) is 17.6 Å². The van der Waals surface area contributed by atoms with E-state index >= 15 is 0 Å². The van der Waals surface area contributed by atoms with Crippen LogP contribution in [0.5, 0.6) is 0 Å². The molecule has 0 spiro atoms. The second-order valence-corrected chi connectivity index (χ2v) is 5.75. The summed E-state index contributed by atoms with van der Waals surface area (Å²) in [5.74, 6) is -0.0851. The minimum Gasteiger partial charge on any atom is -0.383 e. The van der Waals surface area contributed by atoms with E-state index in [0.717, 1.165) is 4.70 Å². The monoisotopic (exact) mass is 340 g/mol. The van der Waals surface area contributed by atoms with Gasteiger partial charge in [-0.2, -0.15) is 18.2 Å². The normalized spacial score (nSPS) is 11.8. The standard InChI is InChI=1S/C13H11F3N6S/c1-6-9(11-21-7-4-18-3-2-8(7)23-11)10(17)22-12(20-6)19-5-13(14,15)16/h2-4H,5H2,1H3,(H3,17,19,20,22). The van der Waals surface area contributed by atoms with Crippen LogP contribution in [0.25, 0.3) is 20.8 Å². The van der Waals surface area contributed by atoms with Gasteiger partial charge in [-0.05, 0) is 13.0 Å². The number of nitrogen functional groups attached to an aromatic ring is 1. The first-order valence-corrected chi connectivity index (χ1v) is 7.31. The SMILES string of the molecule is Cc1nc(NCC(F)(F)F)nc(N)c1-c1nc2cnccc2s1. The van der Waals surface area contributed by atoms with Crippen molar-refractivity contribution in [3.05, 3.63) is 24.2 Å². The van der Waals surface area contributed by atoms with Crippen molar-refractivity contribution in [3.63, 3.8) is 0 Å². The highest BCUT2D eigenvalue weighted by Crippen LogP contribution is 2.34. The minimum absolute atomic E-state index is 0.0780. The largest absolute Gasteiger partial charge is 0.405 e. The van der Waals surface area contributed by atoms with Gasteiger partial charge < -0.3 is 11.1 Å². The van der Waals surface area contributed by atoms with E-state index in [2.05, 4.69) is 25.3 Å². The number of alkyl halides is 3. The first-order chi connectivity index (χ1) is 10.8. The third kappa shape index (κ3) is 3.31. The topological polar surface area (TPSA) is 89.6 Å². The molecule has 0 fully saturated rings. The molecule has 10 heteroatoms. The smallest absolute Gasteiger partial charge is 0.383 e. The van der Waals surface area contributed by atoms with Crippen LogP contribution in [-0.4, -0.2) is 32.7 Å². The molecule has 0 radical (unpaired) electrons. The van der Waals surface area contributed by atoms with Crippen LogP contribution in [0.2, 0.25) is 0 Å². The Bertz CT molecular complexity index is 804. The lowest BCUT2D eigenvalue weighted by Crippen LogP contribution is -2.22. The van der Waals surface area contributed by atoms with Crippen LogP contribution in [0.15, 0.2) is 18.5 Å². The predicted molar refractivity (Wildman–Crippen MR) is 82.1 cm³/mol. The summed E-state index contributed by atoms with van der Waals surface area (Å²) in [6.07, 6.45) is -1.08. The van der Waals surface area contributed by atoms with Gasteiger partial charge in [0.15, 0.2) is 0 Å². The number of halogens is 3. The Morgan fingerprint density at radius 2 is 2.04 bits per heavy atom. The lowest BCUT2D eigenvalue weighted by molar-refractivity contribution is -0.115. The molecule has 0 saturated heterocycles.